The summed E-state index contributed by atoms with van der Waals surface area (Å²) >= 11 is 3.41. The molecule has 0 amide bonds. The zero-order valence-corrected chi connectivity index (χ0v) is 11.7. The van der Waals surface area contributed by atoms with Gasteiger partial charge in [-0.05, 0) is 29.8 Å². The summed E-state index contributed by atoms with van der Waals surface area (Å²) in [7, 11) is 0. The van der Waals surface area contributed by atoms with Gasteiger partial charge in [0, 0.05) is 16.7 Å². The van der Waals surface area contributed by atoms with Gasteiger partial charge in [0.15, 0.2) is 0 Å². The van der Waals surface area contributed by atoms with Gasteiger partial charge in [-0.3, -0.25) is 0 Å². The summed E-state index contributed by atoms with van der Waals surface area (Å²) < 4.78 is 6.68. The van der Waals surface area contributed by atoms with Crippen molar-refractivity contribution in [3.05, 3.63) is 64.6 Å². The third-order valence-corrected chi connectivity index (χ3v) is 3.06. The molecule has 2 nitrogen and oxygen atoms in total. The molecule has 0 heterocycles. The van der Waals surface area contributed by atoms with E-state index in [2.05, 4.69) is 33.4 Å². The van der Waals surface area contributed by atoms with Crippen molar-refractivity contribution in [2.45, 2.75) is 6.61 Å². The van der Waals surface area contributed by atoms with Crippen LogP contribution >= 0.6 is 15.9 Å². The van der Waals surface area contributed by atoms with Gasteiger partial charge in [0.2, 0.25) is 0 Å². The van der Waals surface area contributed by atoms with E-state index in [9.17, 15) is 0 Å². The van der Waals surface area contributed by atoms with Gasteiger partial charge in [-0.2, -0.15) is 0 Å². The van der Waals surface area contributed by atoms with E-state index in [0.717, 1.165) is 16.7 Å². The van der Waals surface area contributed by atoms with Crippen molar-refractivity contribution in [2.24, 2.45) is 0 Å². The van der Waals surface area contributed by atoms with E-state index in [0.29, 0.717) is 13.2 Å². The lowest BCUT2D eigenvalue weighted by Crippen LogP contribution is -2.09. The largest absolute Gasteiger partial charge is 0.383 e. The molecule has 2 aromatic rings. The lowest BCUT2D eigenvalue weighted by molar-refractivity contribution is 0.130. The second kappa shape index (κ2) is 7.19. The van der Waals surface area contributed by atoms with Crippen LogP contribution in [0.2, 0.25) is 0 Å². The van der Waals surface area contributed by atoms with Crippen LogP contribution in [0.15, 0.2) is 59.1 Å². The Balaban J connectivity index is 1.63. The molecule has 0 saturated heterocycles. The zero-order valence-electron chi connectivity index (χ0n) is 10.1. The van der Waals surface area contributed by atoms with E-state index < -0.39 is 0 Å². The third-order valence-electron chi connectivity index (χ3n) is 2.53. The predicted molar refractivity (Wildman–Crippen MR) is 78.7 cm³/mol. The first-order chi connectivity index (χ1) is 8.84. The Kier molecular flexibility index (Phi) is 5.24. The van der Waals surface area contributed by atoms with Gasteiger partial charge in [-0.1, -0.05) is 46.3 Å². The molecule has 0 saturated carbocycles. The van der Waals surface area contributed by atoms with Crippen LogP contribution in [0.1, 0.15) is 5.56 Å². The smallest absolute Gasteiger partial charge is 0.0717 e. The van der Waals surface area contributed by atoms with Crippen LogP contribution in [-0.4, -0.2) is 13.2 Å². The SMILES string of the molecule is Brc1ccc(NCCOCc2ccccc2)cc1. The lowest BCUT2D eigenvalue weighted by Gasteiger charge is -2.07. The zero-order chi connectivity index (χ0) is 12.6. The molecule has 0 spiro atoms. The highest BCUT2D eigenvalue weighted by atomic mass is 79.9. The second-order valence-corrected chi connectivity index (χ2v) is 4.89. The van der Waals surface area contributed by atoms with E-state index in [1.54, 1.807) is 0 Å². The molecule has 0 fully saturated rings. The van der Waals surface area contributed by atoms with Gasteiger partial charge < -0.3 is 10.1 Å². The number of nitrogens with one attached hydrogen (secondary N) is 1. The summed E-state index contributed by atoms with van der Waals surface area (Å²) in [5, 5.41) is 3.31. The fraction of sp³-hybridized carbons (Fsp3) is 0.200. The highest BCUT2D eigenvalue weighted by Gasteiger charge is 1.93. The second-order valence-electron chi connectivity index (χ2n) is 3.97. The highest BCUT2D eigenvalue weighted by molar-refractivity contribution is 9.10. The fourth-order valence-electron chi connectivity index (χ4n) is 1.60. The van der Waals surface area contributed by atoms with E-state index in [1.807, 2.05) is 42.5 Å². The Morgan fingerprint density at radius 2 is 1.67 bits per heavy atom. The maximum Gasteiger partial charge on any atom is 0.0717 e. The van der Waals surface area contributed by atoms with Crippen LogP contribution in [0.4, 0.5) is 5.69 Å². The first-order valence-corrected chi connectivity index (χ1v) is 6.75. The van der Waals surface area contributed by atoms with Gasteiger partial charge in [0.1, 0.15) is 0 Å². The molecular weight excluding hydrogens is 290 g/mol. The molecular formula is C15H16BrNO. The van der Waals surface area contributed by atoms with Crippen LogP contribution in [0.3, 0.4) is 0 Å². The minimum absolute atomic E-state index is 0.670. The first-order valence-electron chi connectivity index (χ1n) is 5.96. The predicted octanol–water partition coefficient (Wildman–Crippen LogP) is 4.08. The van der Waals surface area contributed by atoms with Gasteiger partial charge >= 0.3 is 0 Å². The molecule has 2 rings (SSSR count). The Labute approximate surface area is 116 Å². The maximum atomic E-state index is 5.59. The van der Waals surface area contributed by atoms with Crippen molar-refractivity contribution in [1.82, 2.24) is 0 Å². The van der Waals surface area contributed by atoms with E-state index >= 15 is 0 Å². The monoisotopic (exact) mass is 305 g/mol. The number of halogens is 1. The molecule has 0 bridgehead atoms. The number of rotatable bonds is 6. The van der Waals surface area contributed by atoms with Crippen molar-refractivity contribution in [3.63, 3.8) is 0 Å². The Morgan fingerprint density at radius 3 is 2.39 bits per heavy atom. The quantitative estimate of drug-likeness (QED) is 0.812. The average Bonchev–Trinajstić information content (AvgIpc) is 2.42. The summed E-state index contributed by atoms with van der Waals surface area (Å²) in [5.41, 5.74) is 2.32. The first kappa shape index (κ1) is 13.1. The molecule has 94 valence electrons. The molecule has 0 unspecified atom stereocenters. The van der Waals surface area contributed by atoms with Crippen LogP contribution < -0.4 is 5.32 Å². The molecule has 0 radical (unpaired) electrons. The molecule has 0 atom stereocenters. The highest BCUT2D eigenvalue weighted by Crippen LogP contribution is 2.13. The van der Waals surface area contributed by atoms with Gasteiger partial charge in [0.05, 0.1) is 13.2 Å². The molecule has 0 aliphatic rings. The molecule has 18 heavy (non-hydrogen) atoms. The molecule has 3 heteroatoms. The lowest BCUT2D eigenvalue weighted by atomic mass is 10.2. The summed E-state index contributed by atoms with van der Waals surface area (Å²) in [5.74, 6) is 0. The molecule has 0 aliphatic carbocycles. The molecule has 2 aromatic carbocycles. The summed E-state index contributed by atoms with van der Waals surface area (Å²) in [4.78, 5) is 0. The molecule has 1 N–H and O–H groups in total. The Morgan fingerprint density at radius 1 is 0.944 bits per heavy atom. The topological polar surface area (TPSA) is 21.3 Å². The maximum absolute atomic E-state index is 5.59. The Bertz CT molecular complexity index is 456. The van der Waals surface area contributed by atoms with E-state index in [4.69, 9.17) is 4.74 Å². The van der Waals surface area contributed by atoms with E-state index in [-0.39, 0.29) is 0 Å². The fourth-order valence-corrected chi connectivity index (χ4v) is 1.86. The number of benzene rings is 2. The number of hydrogen-bond acceptors (Lipinski definition) is 2. The van der Waals surface area contributed by atoms with Crippen LogP contribution in [-0.2, 0) is 11.3 Å². The molecule has 0 aromatic heterocycles. The minimum atomic E-state index is 0.670. The average molecular weight is 306 g/mol. The van der Waals surface area contributed by atoms with Crippen molar-refractivity contribution < 1.29 is 4.74 Å². The third kappa shape index (κ3) is 4.51. The number of ether oxygens (including phenoxy) is 1. The molecule has 0 aliphatic heterocycles. The standard InChI is InChI=1S/C15H16BrNO/c16-14-6-8-15(9-7-14)17-10-11-18-12-13-4-2-1-3-5-13/h1-9,17H,10-12H2. The summed E-state index contributed by atoms with van der Waals surface area (Å²) in [6, 6.07) is 18.3. The summed E-state index contributed by atoms with van der Waals surface area (Å²) in [6.07, 6.45) is 0. The van der Waals surface area contributed by atoms with Gasteiger partial charge in [-0.25, -0.2) is 0 Å². The van der Waals surface area contributed by atoms with Crippen LogP contribution in [0, 0.1) is 0 Å². The number of anilines is 1. The van der Waals surface area contributed by atoms with Crippen molar-refractivity contribution in [2.75, 3.05) is 18.5 Å². The normalized spacial score (nSPS) is 10.3. The van der Waals surface area contributed by atoms with Crippen molar-refractivity contribution >= 4 is 21.6 Å². The van der Waals surface area contributed by atoms with Crippen molar-refractivity contribution in [3.8, 4) is 0 Å². The van der Waals surface area contributed by atoms with Gasteiger partial charge in [0.25, 0.3) is 0 Å². The summed E-state index contributed by atoms with van der Waals surface area (Å²) in [6.45, 7) is 2.18. The van der Waals surface area contributed by atoms with Crippen LogP contribution in [0.25, 0.3) is 0 Å². The minimum Gasteiger partial charge on any atom is -0.383 e. The van der Waals surface area contributed by atoms with Crippen LogP contribution in [0.5, 0.6) is 0 Å². The Hall–Kier alpha value is -1.32. The number of hydrogen-bond donors (Lipinski definition) is 1. The van der Waals surface area contributed by atoms with Gasteiger partial charge in [-0.15, -0.1) is 0 Å². The van der Waals surface area contributed by atoms with Crippen molar-refractivity contribution in [1.29, 1.82) is 0 Å². The van der Waals surface area contributed by atoms with E-state index in [1.165, 1.54) is 5.56 Å².